The summed E-state index contributed by atoms with van der Waals surface area (Å²) < 4.78 is 0. The number of hydrogen-bond donors (Lipinski definition) is 1. The van der Waals surface area contributed by atoms with E-state index >= 15 is 0 Å². The van der Waals surface area contributed by atoms with Gasteiger partial charge in [-0.1, -0.05) is 59.6 Å². The average Bonchev–Trinajstić information content (AvgIpc) is 2.72. The lowest BCUT2D eigenvalue weighted by molar-refractivity contribution is 0.535. The van der Waals surface area contributed by atoms with Crippen molar-refractivity contribution in [1.82, 2.24) is 0 Å². The van der Waals surface area contributed by atoms with Crippen LogP contribution in [0.4, 0.5) is 0 Å². The van der Waals surface area contributed by atoms with Crippen molar-refractivity contribution >= 4 is 23.2 Å². The molecule has 0 amide bonds. The topological polar surface area (TPSA) is 26.0 Å². The third-order valence-electron chi connectivity index (χ3n) is 3.72. The number of nitrogens with two attached hydrogens (primary N) is 1. The molecule has 0 saturated carbocycles. The zero-order valence-electron chi connectivity index (χ0n) is 9.79. The van der Waals surface area contributed by atoms with Crippen molar-refractivity contribution in [3.63, 3.8) is 0 Å². The standard InChI is InChI=1S/C15H13Cl2N/c16-13-7-3-6-12(14(13)17)15(18)9-8-10-4-1-2-5-11(10)15/h1-7H,8-9,18H2. The van der Waals surface area contributed by atoms with E-state index in [1.807, 2.05) is 24.3 Å². The zero-order chi connectivity index (χ0) is 12.8. The number of halogens is 2. The van der Waals surface area contributed by atoms with Crippen LogP contribution >= 0.6 is 23.2 Å². The quantitative estimate of drug-likeness (QED) is 0.833. The molecule has 1 atom stereocenters. The minimum Gasteiger partial charge on any atom is -0.318 e. The fourth-order valence-electron chi connectivity index (χ4n) is 2.77. The molecule has 0 bridgehead atoms. The maximum absolute atomic E-state index is 6.62. The molecule has 0 aromatic heterocycles. The highest BCUT2D eigenvalue weighted by molar-refractivity contribution is 6.42. The van der Waals surface area contributed by atoms with E-state index < -0.39 is 5.54 Å². The SMILES string of the molecule is NC1(c2cccc(Cl)c2Cl)CCc2ccccc21. The lowest BCUT2D eigenvalue weighted by Gasteiger charge is -2.27. The summed E-state index contributed by atoms with van der Waals surface area (Å²) in [6.45, 7) is 0. The molecule has 0 radical (unpaired) electrons. The molecular formula is C15H13Cl2N. The summed E-state index contributed by atoms with van der Waals surface area (Å²) in [7, 11) is 0. The molecule has 0 heterocycles. The molecule has 92 valence electrons. The molecule has 1 aliphatic rings. The Kier molecular flexibility index (Phi) is 2.86. The number of hydrogen-bond acceptors (Lipinski definition) is 1. The Morgan fingerprint density at radius 3 is 2.50 bits per heavy atom. The fourth-order valence-corrected chi connectivity index (χ4v) is 3.24. The molecule has 2 aromatic carbocycles. The minimum atomic E-state index is -0.515. The summed E-state index contributed by atoms with van der Waals surface area (Å²) in [6.07, 6.45) is 1.85. The van der Waals surface area contributed by atoms with Crippen molar-refractivity contribution in [3.8, 4) is 0 Å². The highest BCUT2D eigenvalue weighted by atomic mass is 35.5. The summed E-state index contributed by atoms with van der Waals surface area (Å²) in [5.41, 5.74) is 9.48. The van der Waals surface area contributed by atoms with Gasteiger partial charge in [-0.2, -0.15) is 0 Å². The fraction of sp³-hybridized carbons (Fsp3) is 0.200. The van der Waals surface area contributed by atoms with Gasteiger partial charge in [-0.15, -0.1) is 0 Å². The van der Waals surface area contributed by atoms with Crippen LogP contribution in [-0.2, 0) is 12.0 Å². The Morgan fingerprint density at radius 1 is 0.944 bits per heavy atom. The largest absolute Gasteiger partial charge is 0.318 e. The van der Waals surface area contributed by atoms with Gasteiger partial charge in [0.25, 0.3) is 0 Å². The Labute approximate surface area is 117 Å². The van der Waals surface area contributed by atoms with Crippen molar-refractivity contribution < 1.29 is 0 Å². The van der Waals surface area contributed by atoms with E-state index in [0.717, 1.165) is 24.0 Å². The van der Waals surface area contributed by atoms with Crippen LogP contribution < -0.4 is 5.73 Å². The van der Waals surface area contributed by atoms with Crippen molar-refractivity contribution in [2.75, 3.05) is 0 Å². The van der Waals surface area contributed by atoms with Crippen LogP contribution in [0.3, 0.4) is 0 Å². The lowest BCUT2D eigenvalue weighted by atomic mass is 9.85. The van der Waals surface area contributed by atoms with Crippen LogP contribution in [-0.4, -0.2) is 0 Å². The molecule has 1 nitrogen and oxygen atoms in total. The first kappa shape index (κ1) is 12.0. The van der Waals surface area contributed by atoms with E-state index in [1.54, 1.807) is 6.07 Å². The molecule has 0 spiro atoms. The summed E-state index contributed by atoms with van der Waals surface area (Å²) >= 11 is 12.4. The van der Waals surface area contributed by atoms with Crippen LogP contribution in [0.15, 0.2) is 42.5 Å². The molecule has 2 N–H and O–H groups in total. The molecule has 2 aromatic rings. The molecule has 18 heavy (non-hydrogen) atoms. The second kappa shape index (κ2) is 4.27. The Morgan fingerprint density at radius 2 is 1.67 bits per heavy atom. The first-order chi connectivity index (χ1) is 8.63. The minimum absolute atomic E-state index is 0.515. The number of rotatable bonds is 1. The molecule has 0 aliphatic heterocycles. The van der Waals surface area contributed by atoms with E-state index in [2.05, 4.69) is 12.1 Å². The van der Waals surface area contributed by atoms with Crippen molar-refractivity contribution in [1.29, 1.82) is 0 Å². The Bertz CT molecular complexity index is 609. The van der Waals surface area contributed by atoms with Gasteiger partial charge in [-0.05, 0) is 35.6 Å². The number of benzene rings is 2. The first-order valence-corrected chi connectivity index (χ1v) is 6.70. The normalized spacial score (nSPS) is 21.9. The van der Waals surface area contributed by atoms with Gasteiger partial charge in [-0.3, -0.25) is 0 Å². The first-order valence-electron chi connectivity index (χ1n) is 5.95. The predicted molar refractivity (Wildman–Crippen MR) is 76.2 cm³/mol. The van der Waals surface area contributed by atoms with E-state index in [-0.39, 0.29) is 0 Å². The smallest absolute Gasteiger partial charge is 0.0686 e. The molecular weight excluding hydrogens is 265 g/mol. The molecule has 1 aliphatic carbocycles. The van der Waals surface area contributed by atoms with Crippen LogP contribution in [0.2, 0.25) is 10.0 Å². The van der Waals surface area contributed by atoms with Crippen LogP contribution in [0.5, 0.6) is 0 Å². The van der Waals surface area contributed by atoms with Gasteiger partial charge in [0.15, 0.2) is 0 Å². The van der Waals surface area contributed by atoms with Crippen molar-refractivity contribution in [3.05, 3.63) is 69.2 Å². The van der Waals surface area contributed by atoms with Gasteiger partial charge in [0, 0.05) is 0 Å². The van der Waals surface area contributed by atoms with Gasteiger partial charge in [-0.25, -0.2) is 0 Å². The van der Waals surface area contributed by atoms with Gasteiger partial charge >= 0.3 is 0 Å². The third kappa shape index (κ3) is 1.66. The van der Waals surface area contributed by atoms with E-state index in [4.69, 9.17) is 28.9 Å². The number of fused-ring (bicyclic) bond motifs is 1. The molecule has 3 heteroatoms. The highest BCUT2D eigenvalue weighted by Gasteiger charge is 2.38. The second-order valence-electron chi connectivity index (χ2n) is 4.73. The molecule has 0 fully saturated rings. The average molecular weight is 278 g/mol. The summed E-state index contributed by atoms with van der Waals surface area (Å²) in [5.74, 6) is 0. The van der Waals surface area contributed by atoms with Gasteiger partial charge in [0.1, 0.15) is 0 Å². The van der Waals surface area contributed by atoms with Crippen molar-refractivity contribution in [2.45, 2.75) is 18.4 Å². The molecule has 0 saturated heterocycles. The predicted octanol–water partition coefficient (Wildman–Crippen LogP) is 4.14. The Hall–Kier alpha value is -1.02. The van der Waals surface area contributed by atoms with Crippen molar-refractivity contribution in [2.24, 2.45) is 5.73 Å². The lowest BCUT2D eigenvalue weighted by Crippen LogP contribution is -2.35. The maximum Gasteiger partial charge on any atom is 0.0686 e. The van der Waals surface area contributed by atoms with Gasteiger partial charge in [0.05, 0.1) is 15.6 Å². The summed E-state index contributed by atoms with van der Waals surface area (Å²) in [6, 6.07) is 13.9. The van der Waals surface area contributed by atoms with Crippen LogP contribution in [0.25, 0.3) is 0 Å². The zero-order valence-corrected chi connectivity index (χ0v) is 11.3. The second-order valence-corrected chi connectivity index (χ2v) is 5.52. The molecule has 1 unspecified atom stereocenters. The van der Waals surface area contributed by atoms with Crippen LogP contribution in [0, 0.1) is 0 Å². The van der Waals surface area contributed by atoms with E-state index in [9.17, 15) is 0 Å². The van der Waals surface area contributed by atoms with E-state index in [0.29, 0.717) is 10.0 Å². The number of aryl methyl sites for hydroxylation is 1. The van der Waals surface area contributed by atoms with E-state index in [1.165, 1.54) is 5.56 Å². The Balaban J connectivity index is 2.21. The highest BCUT2D eigenvalue weighted by Crippen LogP contribution is 2.43. The maximum atomic E-state index is 6.62. The van der Waals surface area contributed by atoms with Gasteiger partial charge in [0.2, 0.25) is 0 Å². The molecule has 3 rings (SSSR count). The monoisotopic (exact) mass is 277 g/mol. The third-order valence-corrected chi connectivity index (χ3v) is 4.54. The van der Waals surface area contributed by atoms with Crippen LogP contribution in [0.1, 0.15) is 23.1 Å². The summed E-state index contributed by atoms with van der Waals surface area (Å²) in [5, 5.41) is 1.13. The van der Waals surface area contributed by atoms with Gasteiger partial charge < -0.3 is 5.73 Å². The summed E-state index contributed by atoms with van der Waals surface area (Å²) in [4.78, 5) is 0.